The molecule has 2 aromatic carbocycles. The van der Waals surface area contributed by atoms with Gasteiger partial charge in [-0.1, -0.05) is 35.4 Å². The zero-order valence-corrected chi connectivity index (χ0v) is 14.7. The second kappa shape index (κ2) is 10.7. The molecule has 2 aromatic rings. The number of benzene rings is 2. The third-order valence-electron chi connectivity index (χ3n) is 3.63. The van der Waals surface area contributed by atoms with E-state index in [2.05, 4.69) is 73.0 Å². The number of ether oxygens (including phenoxy) is 2. The van der Waals surface area contributed by atoms with Crippen LogP contribution in [-0.2, 0) is 9.47 Å². The molecule has 130 valence electrons. The van der Waals surface area contributed by atoms with Gasteiger partial charge in [0.2, 0.25) is 0 Å². The van der Waals surface area contributed by atoms with Crippen molar-refractivity contribution in [1.82, 2.24) is 0 Å². The summed E-state index contributed by atoms with van der Waals surface area (Å²) in [6, 6.07) is 16.7. The molecule has 4 heteroatoms. The molecule has 0 unspecified atom stereocenters. The van der Waals surface area contributed by atoms with Crippen LogP contribution in [-0.4, -0.2) is 39.5 Å². The molecule has 0 fully saturated rings. The van der Waals surface area contributed by atoms with Crippen LogP contribution in [0.2, 0.25) is 0 Å². The van der Waals surface area contributed by atoms with E-state index >= 15 is 0 Å². The molecule has 0 saturated carbocycles. The summed E-state index contributed by atoms with van der Waals surface area (Å²) in [6.45, 7) is 8.39. The van der Waals surface area contributed by atoms with Crippen molar-refractivity contribution in [3.63, 3.8) is 0 Å². The fourth-order valence-corrected chi connectivity index (χ4v) is 2.20. The zero-order chi connectivity index (χ0) is 17.0. The van der Waals surface area contributed by atoms with Crippen LogP contribution in [0.25, 0.3) is 0 Å². The molecule has 0 bridgehead atoms. The zero-order valence-electron chi connectivity index (χ0n) is 14.7. The minimum absolute atomic E-state index is 0.625. The van der Waals surface area contributed by atoms with Crippen LogP contribution in [0, 0.1) is 13.8 Å². The molecule has 2 rings (SSSR count). The van der Waals surface area contributed by atoms with Gasteiger partial charge in [0.1, 0.15) is 0 Å². The van der Waals surface area contributed by atoms with E-state index in [-0.39, 0.29) is 0 Å². The van der Waals surface area contributed by atoms with Gasteiger partial charge in [-0.25, -0.2) is 0 Å². The number of nitrogens with one attached hydrogen (secondary N) is 2. The van der Waals surface area contributed by atoms with E-state index in [1.54, 1.807) is 0 Å². The summed E-state index contributed by atoms with van der Waals surface area (Å²) in [5.74, 6) is 0. The molecule has 0 aliphatic heterocycles. The van der Waals surface area contributed by atoms with Gasteiger partial charge >= 0.3 is 0 Å². The summed E-state index contributed by atoms with van der Waals surface area (Å²) in [5.41, 5.74) is 4.79. The Morgan fingerprint density at radius 3 is 1.33 bits per heavy atom. The van der Waals surface area contributed by atoms with Gasteiger partial charge in [-0.3, -0.25) is 0 Å². The highest BCUT2D eigenvalue weighted by atomic mass is 16.5. The fourth-order valence-electron chi connectivity index (χ4n) is 2.20. The highest BCUT2D eigenvalue weighted by Gasteiger charge is 1.94. The average Bonchev–Trinajstić information content (AvgIpc) is 2.60. The maximum Gasteiger partial charge on any atom is 0.0701 e. The summed E-state index contributed by atoms with van der Waals surface area (Å²) < 4.78 is 11.1. The summed E-state index contributed by atoms with van der Waals surface area (Å²) in [5, 5.41) is 6.66. The van der Waals surface area contributed by atoms with E-state index < -0.39 is 0 Å². The van der Waals surface area contributed by atoms with Crippen molar-refractivity contribution in [1.29, 1.82) is 0 Å². The highest BCUT2D eigenvalue weighted by Crippen LogP contribution is 2.08. The average molecular weight is 328 g/mol. The predicted molar refractivity (Wildman–Crippen MR) is 101 cm³/mol. The normalized spacial score (nSPS) is 10.6. The Labute approximate surface area is 145 Å². The van der Waals surface area contributed by atoms with E-state index in [1.807, 2.05) is 0 Å². The van der Waals surface area contributed by atoms with Gasteiger partial charge in [0.05, 0.1) is 26.4 Å². The third-order valence-corrected chi connectivity index (χ3v) is 3.63. The Balaban J connectivity index is 1.40. The van der Waals surface area contributed by atoms with E-state index in [4.69, 9.17) is 9.47 Å². The molecule has 0 radical (unpaired) electrons. The standard InChI is InChI=1S/C20H28N2O2/c1-17-3-7-19(8-4-17)21-11-13-23-15-16-24-14-12-22-20-9-5-18(2)6-10-20/h3-10,21-22H,11-16H2,1-2H3. The maximum absolute atomic E-state index is 5.55. The Hall–Kier alpha value is -2.04. The van der Waals surface area contributed by atoms with E-state index in [0.29, 0.717) is 26.4 Å². The van der Waals surface area contributed by atoms with Crippen molar-refractivity contribution in [3.05, 3.63) is 59.7 Å². The first-order chi connectivity index (χ1) is 11.7. The van der Waals surface area contributed by atoms with Crippen LogP contribution in [0.5, 0.6) is 0 Å². The predicted octanol–water partition coefficient (Wildman–Crippen LogP) is 3.86. The van der Waals surface area contributed by atoms with E-state index in [0.717, 1.165) is 24.5 Å². The molecule has 0 atom stereocenters. The lowest BCUT2D eigenvalue weighted by Gasteiger charge is -2.09. The summed E-state index contributed by atoms with van der Waals surface area (Å²) >= 11 is 0. The topological polar surface area (TPSA) is 42.5 Å². The molecule has 0 aromatic heterocycles. The minimum atomic E-state index is 0.625. The van der Waals surface area contributed by atoms with Crippen LogP contribution in [0.1, 0.15) is 11.1 Å². The van der Waals surface area contributed by atoms with Crippen LogP contribution in [0.15, 0.2) is 48.5 Å². The van der Waals surface area contributed by atoms with Crippen molar-refractivity contribution < 1.29 is 9.47 Å². The largest absolute Gasteiger partial charge is 0.383 e. The lowest BCUT2D eigenvalue weighted by molar-refractivity contribution is 0.0557. The Morgan fingerprint density at radius 2 is 0.958 bits per heavy atom. The Morgan fingerprint density at radius 1 is 0.583 bits per heavy atom. The quantitative estimate of drug-likeness (QED) is 0.615. The Bertz CT molecular complexity index is 514. The lowest BCUT2D eigenvalue weighted by Crippen LogP contribution is -2.15. The second-order valence-corrected chi connectivity index (χ2v) is 5.81. The number of anilines is 2. The number of hydrogen-bond donors (Lipinski definition) is 2. The van der Waals surface area contributed by atoms with Crippen molar-refractivity contribution in [2.45, 2.75) is 13.8 Å². The molecule has 24 heavy (non-hydrogen) atoms. The van der Waals surface area contributed by atoms with Crippen LogP contribution in [0.4, 0.5) is 11.4 Å². The Kier molecular flexibility index (Phi) is 8.15. The van der Waals surface area contributed by atoms with Crippen molar-refractivity contribution in [3.8, 4) is 0 Å². The number of rotatable bonds is 11. The first-order valence-corrected chi connectivity index (χ1v) is 8.50. The first-order valence-electron chi connectivity index (χ1n) is 8.50. The van der Waals surface area contributed by atoms with Gasteiger partial charge in [0.15, 0.2) is 0 Å². The minimum Gasteiger partial charge on any atom is -0.383 e. The van der Waals surface area contributed by atoms with Crippen molar-refractivity contribution in [2.24, 2.45) is 0 Å². The second-order valence-electron chi connectivity index (χ2n) is 5.81. The summed E-state index contributed by atoms with van der Waals surface area (Å²) in [6.07, 6.45) is 0. The monoisotopic (exact) mass is 328 g/mol. The maximum atomic E-state index is 5.55. The van der Waals surface area contributed by atoms with Gasteiger partial charge in [0.25, 0.3) is 0 Å². The van der Waals surface area contributed by atoms with Crippen LogP contribution >= 0.6 is 0 Å². The van der Waals surface area contributed by atoms with Crippen LogP contribution in [0.3, 0.4) is 0 Å². The first kappa shape index (κ1) is 18.3. The number of hydrogen-bond acceptors (Lipinski definition) is 4. The molecule has 0 spiro atoms. The molecule has 2 N–H and O–H groups in total. The molecular weight excluding hydrogens is 300 g/mol. The molecule has 0 saturated heterocycles. The van der Waals surface area contributed by atoms with Gasteiger partial charge in [-0.2, -0.15) is 0 Å². The van der Waals surface area contributed by atoms with Crippen LogP contribution < -0.4 is 10.6 Å². The van der Waals surface area contributed by atoms with Crippen molar-refractivity contribution >= 4 is 11.4 Å². The molecule has 0 amide bonds. The molecular formula is C20H28N2O2. The fraction of sp³-hybridized carbons (Fsp3) is 0.400. The third kappa shape index (κ3) is 7.49. The van der Waals surface area contributed by atoms with E-state index in [1.165, 1.54) is 11.1 Å². The SMILES string of the molecule is Cc1ccc(NCCOCCOCCNc2ccc(C)cc2)cc1. The van der Waals surface area contributed by atoms with Gasteiger partial charge in [-0.15, -0.1) is 0 Å². The lowest BCUT2D eigenvalue weighted by atomic mass is 10.2. The molecule has 0 heterocycles. The molecule has 0 aliphatic carbocycles. The van der Waals surface area contributed by atoms with Crippen molar-refractivity contribution in [2.75, 3.05) is 50.2 Å². The molecule has 0 aliphatic rings. The van der Waals surface area contributed by atoms with E-state index in [9.17, 15) is 0 Å². The van der Waals surface area contributed by atoms with Gasteiger partial charge in [0, 0.05) is 24.5 Å². The highest BCUT2D eigenvalue weighted by molar-refractivity contribution is 5.44. The smallest absolute Gasteiger partial charge is 0.0701 e. The summed E-state index contributed by atoms with van der Waals surface area (Å²) in [4.78, 5) is 0. The van der Waals surface area contributed by atoms with Gasteiger partial charge in [-0.05, 0) is 38.1 Å². The summed E-state index contributed by atoms with van der Waals surface area (Å²) in [7, 11) is 0. The van der Waals surface area contributed by atoms with Gasteiger partial charge < -0.3 is 20.1 Å². The number of aryl methyl sites for hydroxylation is 2. The molecule has 4 nitrogen and oxygen atoms in total.